The first-order valence-corrected chi connectivity index (χ1v) is 8.03. The van der Waals surface area contributed by atoms with Gasteiger partial charge in [0.25, 0.3) is 0 Å². The number of rotatable bonds is 5. The molecule has 112 valence electrons. The van der Waals surface area contributed by atoms with E-state index in [0.717, 1.165) is 5.69 Å². The van der Waals surface area contributed by atoms with Gasteiger partial charge in [-0.25, -0.2) is 13.6 Å². The number of benzene rings is 1. The Bertz CT molecular complexity index is 717. The van der Waals surface area contributed by atoms with Crippen molar-refractivity contribution in [3.8, 4) is 0 Å². The monoisotopic (exact) mass is 306 g/mol. The van der Waals surface area contributed by atoms with Gasteiger partial charge in [0, 0.05) is 12.7 Å². The van der Waals surface area contributed by atoms with Crippen molar-refractivity contribution < 1.29 is 8.42 Å². The van der Waals surface area contributed by atoms with Crippen molar-refractivity contribution in [1.29, 1.82) is 0 Å². The second-order valence-electron chi connectivity index (χ2n) is 4.60. The molecule has 6 nitrogen and oxygen atoms in total. The zero-order valence-corrected chi connectivity index (χ0v) is 12.5. The standard InChI is InChI=1S/C14H18N4O2S/c1-2-18(10-11-5-3-4-8-17-11)14-9-12(21(16,19)20)6-7-13(14)15/h3-9H,2,10,15H2,1H3,(H2,16,19,20). The number of anilines is 2. The number of sulfonamides is 1. The minimum Gasteiger partial charge on any atom is -0.397 e. The molecule has 0 bridgehead atoms. The molecule has 0 unspecified atom stereocenters. The molecule has 0 saturated carbocycles. The number of nitrogen functional groups attached to an aromatic ring is 1. The lowest BCUT2D eigenvalue weighted by Crippen LogP contribution is -2.24. The zero-order valence-electron chi connectivity index (χ0n) is 11.7. The number of hydrogen-bond donors (Lipinski definition) is 2. The third kappa shape index (κ3) is 3.71. The molecule has 1 heterocycles. The topological polar surface area (TPSA) is 102 Å². The van der Waals surface area contributed by atoms with E-state index in [1.54, 1.807) is 12.3 Å². The molecular weight excluding hydrogens is 288 g/mol. The Morgan fingerprint density at radius 1 is 1.24 bits per heavy atom. The van der Waals surface area contributed by atoms with Gasteiger partial charge in [0.1, 0.15) is 0 Å². The average molecular weight is 306 g/mol. The first-order chi connectivity index (χ1) is 9.91. The van der Waals surface area contributed by atoms with E-state index in [1.165, 1.54) is 12.1 Å². The Labute approximate surface area is 124 Å². The Kier molecular flexibility index (Phi) is 4.44. The second kappa shape index (κ2) is 6.11. The maximum absolute atomic E-state index is 11.5. The first kappa shape index (κ1) is 15.3. The average Bonchev–Trinajstić information content (AvgIpc) is 2.45. The maximum Gasteiger partial charge on any atom is 0.238 e. The Morgan fingerprint density at radius 3 is 2.57 bits per heavy atom. The predicted octanol–water partition coefficient (Wildman–Crippen LogP) is 1.34. The summed E-state index contributed by atoms with van der Waals surface area (Å²) in [6, 6.07) is 10.1. The van der Waals surface area contributed by atoms with E-state index >= 15 is 0 Å². The summed E-state index contributed by atoms with van der Waals surface area (Å²) in [6.07, 6.45) is 1.72. The number of nitrogens with zero attached hydrogens (tertiary/aromatic N) is 2. The fourth-order valence-electron chi connectivity index (χ4n) is 2.03. The van der Waals surface area contributed by atoms with E-state index in [1.807, 2.05) is 30.0 Å². The summed E-state index contributed by atoms with van der Waals surface area (Å²) in [5.74, 6) is 0. The number of primary sulfonamides is 1. The molecule has 1 aromatic heterocycles. The quantitative estimate of drug-likeness (QED) is 0.811. The van der Waals surface area contributed by atoms with Crippen LogP contribution in [0, 0.1) is 0 Å². The van der Waals surface area contributed by atoms with E-state index in [-0.39, 0.29) is 4.90 Å². The normalized spacial score (nSPS) is 11.3. The van der Waals surface area contributed by atoms with Gasteiger partial charge >= 0.3 is 0 Å². The van der Waals surface area contributed by atoms with Crippen LogP contribution >= 0.6 is 0 Å². The van der Waals surface area contributed by atoms with Gasteiger partial charge in [0.2, 0.25) is 10.0 Å². The number of nitrogens with two attached hydrogens (primary N) is 2. The fourth-order valence-corrected chi connectivity index (χ4v) is 2.56. The molecule has 0 aliphatic rings. The molecule has 1 aromatic carbocycles. The van der Waals surface area contributed by atoms with Gasteiger partial charge in [-0.2, -0.15) is 0 Å². The summed E-state index contributed by atoms with van der Waals surface area (Å²) in [4.78, 5) is 6.27. The van der Waals surface area contributed by atoms with Crippen LogP contribution in [-0.4, -0.2) is 19.9 Å². The molecule has 0 radical (unpaired) electrons. The Balaban J connectivity index is 2.38. The first-order valence-electron chi connectivity index (χ1n) is 6.49. The lowest BCUT2D eigenvalue weighted by Gasteiger charge is -2.24. The fraction of sp³-hybridized carbons (Fsp3) is 0.214. The van der Waals surface area contributed by atoms with E-state index < -0.39 is 10.0 Å². The van der Waals surface area contributed by atoms with E-state index in [9.17, 15) is 8.42 Å². The maximum atomic E-state index is 11.5. The summed E-state index contributed by atoms with van der Waals surface area (Å²) < 4.78 is 22.9. The van der Waals surface area contributed by atoms with Gasteiger partial charge in [-0.3, -0.25) is 4.98 Å². The van der Waals surface area contributed by atoms with Gasteiger partial charge in [0.15, 0.2) is 0 Å². The van der Waals surface area contributed by atoms with Gasteiger partial charge in [-0.05, 0) is 37.3 Å². The molecular formula is C14H18N4O2S. The van der Waals surface area contributed by atoms with Crippen LogP contribution in [0.5, 0.6) is 0 Å². The molecule has 2 aromatic rings. The highest BCUT2D eigenvalue weighted by Crippen LogP contribution is 2.27. The molecule has 21 heavy (non-hydrogen) atoms. The van der Waals surface area contributed by atoms with Crippen molar-refractivity contribution in [3.63, 3.8) is 0 Å². The van der Waals surface area contributed by atoms with Crippen molar-refractivity contribution in [2.24, 2.45) is 5.14 Å². The summed E-state index contributed by atoms with van der Waals surface area (Å²) >= 11 is 0. The number of pyridine rings is 1. The minimum atomic E-state index is -3.75. The third-order valence-corrected chi connectivity index (χ3v) is 4.04. The zero-order chi connectivity index (χ0) is 15.5. The summed E-state index contributed by atoms with van der Waals surface area (Å²) in [5, 5.41) is 5.17. The van der Waals surface area contributed by atoms with Crippen LogP contribution in [0.3, 0.4) is 0 Å². The van der Waals surface area contributed by atoms with Crippen LogP contribution in [-0.2, 0) is 16.6 Å². The molecule has 0 saturated heterocycles. The van der Waals surface area contributed by atoms with Gasteiger partial charge in [-0.15, -0.1) is 0 Å². The molecule has 0 atom stereocenters. The third-order valence-electron chi connectivity index (χ3n) is 3.13. The van der Waals surface area contributed by atoms with Crippen LogP contribution in [0.15, 0.2) is 47.5 Å². The predicted molar refractivity (Wildman–Crippen MR) is 83.2 cm³/mol. The minimum absolute atomic E-state index is 0.0474. The summed E-state index contributed by atoms with van der Waals surface area (Å²) in [5.41, 5.74) is 7.97. The second-order valence-corrected chi connectivity index (χ2v) is 6.16. The molecule has 0 aliphatic carbocycles. The molecule has 0 fully saturated rings. The molecule has 2 rings (SSSR count). The lowest BCUT2D eigenvalue weighted by atomic mass is 10.2. The van der Waals surface area contributed by atoms with E-state index in [4.69, 9.17) is 10.9 Å². The van der Waals surface area contributed by atoms with Crippen LogP contribution in [0.1, 0.15) is 12.6 Å². The number of aromatic nitrogens is 1. The molecule has 7 heteroatoms. The summed E-state index contributed by atoms with van der Waals surface area (Å²) in [7, 11) is -3.75. The molecule has 0 amide bonds. The highest BCUT2D eigenvalue weighted by molar-refractivity contribution is 7.89. The molecule has 4 N–H and O–H groups in total. The van der Waals surface area contributed by atoms with Crippen molar-refractivity contribution in [2.75, 3.05) is 17.2 Å². The smallest absolute Gasteiger partial charge is 0.238 e. The van der Waals surface area contributed by atoms with Crippen molar-refractivity contribution in [1.82, 2.24) is 4.98 Å². The van der Waals surface area contributed by atoms with Crippen molar-refractivity contribution in [3.05, 3.63) is 48.3 Å². The summed E-state index contributed by atoms with van der Waals surface area (Å²) in [6.45, 7) is 3.16. The van der Waals surface area contributed by atoms with Crippen molar-refractivity contribution >= 4 is 21.4 Å². The van der Waals surface area contributed by atoms with Crippen LogP contribution < -0.4 is 15.8 Å². The molecule has 0 spiro atoms. The van der Waals surface area contributed by atoms with Gasteiger partial charge < -0.3 is 10.6 Å². The SMILES string of the molecule is CCN(Cc1ccccn1)c1cc(S(N)(=O)=O)ccc1N. The highest BCUT2D eigenvalue weighted by Gasteiger charge is 2.14. The van der Waals surface area contributed by atoms with E-state index in [0.29, 0.717) is 24.5 Å². The highest BCUT2D eigenvalue weighted by atomic mass is 32.2. The lowest BCUT2D eigenvalue weighted by molar-refractivity contribution is 0.598. The Hall–Kier alpha value is -2.12. The molecule has 0 aliphatic heterocycles. The van der Waals surface area contributed by atoms with Crippen LogP contribution in [0.25, 0.3) is 0 Å². The Morgan fingerprint density at radius 2 is 2.00 bits per heavy atom. The van der Waals surface area contributed by atoms with Crippen LogP contribution in [0.4, 0.5) is 11.4 Å². The largest absolute Gasteiger partial charge is 0.397 e. The van der Waals surface area contributed by atoms with Gasteiger partial charge in [-0.1, -0.05) is 6.07 Å². The number of hydrogen-bond acceptors (Lipinski definition) is 5. The van der Waals surface area contributed by atoms with Crippen molar-refractivity contribution in [2.45, 2.75) is 18.4 Å². The van der Waals surface area contributed by atoms with E-state index in [2.05, 4.69) is 4.98 Å². The van der Waals surface area contributed by atoms with Gasteiger partial charge in [0.05, 0.1) is 28.5 Å². The van der Waals surface area contributed by atoms with Crippen LogP contribution in [0.2, 0.25) is 0 Å².